The Kier molecular flexibility index (Phi) is 9.52. The summed E-state index contributed by atoms with van der Waals surface area (Å²) < 4.78 is 22.2. The van der Waals surface area contributed by atoms with Crippen LogP contribution in [0.2, 0.25) is 0 Å². The van der Waals surface area contributed by atoms with Crippen molar-refractivity contribution in [2.75, 3.05) is 13.2 Å². The fourth-order valence-electron chi connectivity index (χ4n) is 3.55. The molecule has 2 fully saturated rings. The second-order valence-corrected chi connectivity index (χ2v) is 7.72. The van der Waals surface area contributed by atoms with Gasteiger partial charge in [-0.05, 0) is 12.5 Å². The van der Waals surface area contributed by atoms with Crippen LogP contribution in [-0.2, 0) is 30.4 Å². The van der Waals surface area contributed by atoms with Gasteiger partial charge in [0.05, 0.1) is 19.4 Å². The molecule has 0 saturated carbocycles. The minimum atomic E-state index is -1.70. The molecule has 0 unspecified atom stereocenters. The van der Waals surface area contributed by atoms with E-state index in [2.05, 4.69) is 5.16 Å². The average Bonchev–Trinajstić information content (AvgIpc) is 2.83. The normalized spacial score (nSPS) is 39.6. The van der Waals surface area contributed by atoms with Gasteiger partial charge in [-0.3, -0.25) is 0 Å². The van der Waals surface area contributed by atoms with Gasteiger partial charge in [-0.2, -0.15) is 0 Å². The van der Waals surface area contributed by atoms with E-state index < -0.39 is 68.0 Å². The van der Waals surface area contributed by atoms with Crippen LogP contribution in [0, 0.1) is 0 Å². The summed E-state index contributed by atoms with van der Waals surface area (Å²) in [5.74, 6) is 0. The van der Waals surface area contributed by atoms with Crippen molar-refractivity contribution in [1.82, 2.24) is 0 Å². The molecule has 2 aliphatic rings. The third-order valence-electron chi connectivity index (χ3n) is 5.39. The number of aliphatic hydroxyl groups is 6. The van der Waals surface area contributed by atoms with Crippen LogP contribution < -0.4 is 0 Å². The molecule has 0 amide bonds. The van der Waals surface area contributed by atoms with Crippen LogP contribution in [0.5, 0.6) is 0 Å². The van der Waals surface area contributed by atoms with Gasteiger partial charge < -0.3 is 54.4 Å². The lowest BCUT2D eigenvalue weighted by Crippen LogP contribution is -2.64. The molecule has 3 rings (SSSR count). The molecule has 0 spiro atoms. The summed E-state index contributed by atoms with van der Waals surface area (Å²) in [6.45, 7) is 1.44. The van der Waals surface area contributed by atoms with Gasteiger partial charge in [-0.1, -0.05) is 35.5 Å². The first kappa shape index (κ1) is 25.9. The highest BCUT2D eigenvalue weighted by molar-refractivity contribution is 5.63. The average molecular weight is 473 g/mol. The van der Waals surface area contributed by atoms with E-state index in [-0.39, 0.29) is 13.2 Å². The van der Waals surface area contributed by atoms with E-state index in [0.717, 1.165) is 11.8 Å². The summed E-state index contributed by atoms with van der Waals surface area (Å²) in [6, 6.07) is 9.11. The molecule has 10 atom stereocenters. The minimum absolute atomic E-state index is 0.0916. The lowest BCUT2D eigenvalue weighted by atomic mass is 9.97. The molecule has 12 nitrogen and oxygen atoms in total. The highest BCUT2D eigenvalue weighted by atomic mass is 16.7. The topological polar surface area (TPSA) is 180 Å². The predicted molar refractivity (Wildman–Crippen MR) is 111 cm³/mol. The van der Waals surface area contributed by atoms with Crippen LogP contribution in [0.3, 0.4) is 0 Å². The number of hydrogen-bond acceptors (Lipinski definition) is 12. The molecular weight excluding hydrogens is 442 g/mol. The van der Waals surface area contributed by atoms with E-state index in [1.54, 1.807) is 6.92 Å². The Hall–Kier alpha value is -1.71. The van der Waals surface area contributed by atoms with Gasteiger partial charge in [0.15, 0.2) is 12.6 Å². The fourth-order valence-corrected chi connectivity index (χ4v) is 3.55. The van der Waals surface area contributed by atoms with Crippen molar-refractivity contribution < 1.29 is 54.4 Å². The standard InChI is InChI=1S/C21H31NO11/c1-2-30-22-8-12-14(24)15(25)17(27)21(31-12)33-19-13(9-23)32-20(18(28)16(19)26)29-10-11-6-4-3-5-7-11/h3-8,12-21,23-28H,2,9-10H2,1H3/b22-8+/t12-,13-,14+,15+,16-,17-,18-,19-,20-,21+/m1/s1. The molecule has 2 heterocycles. The molecule has 2 aliphatic heterocycles. The molecule has 0 radical (unpaired) electrons. The fraction of sp³-hybridized carbons (Fsp3) is 0.667. The van der Waals surface area contributed by atoms with Crippen LogP contribution in [-0.4, -0.2) is 111 Å². The van der Waals surface area contributed by atoms with Crippen LogP contribution in [0.1, 0.15) is 12.5 Å². The molecule has 12 heteroatoms. The maximum absolute atomic E-state index is 10.6. The van der Waals surface area contributed by atoms with Gasteiger partial charge in [0.2, 0.25) is 0 Å². The van der Waals surface area contributed by atoms with Crippen molar-refractivity contribution in [2.45, 2.75) is 74.9 Å². The molecule has 0 aliphatic carbocycles. The number of rotatable bonds is 9. The first-order chi connectivity index (χ1) is 15.9. The second kappa shape index (κ2) is 12.1. The number of nitrogens with zero attached hydrogens (tertiary/aromatic N) is 1. The Bertz CT molecular complexity index is 736. The van der Waals surface area contributed by atoms with Crippen molar-refractivity contribution in [3.8, 4) is 0 Å². The smallest absolute Gasteiger partial charge is 0.187 e. The number of ether oxygens (including phenoxy) is 4. The van der Waals surface area contributed by atoms with E-state index in [1.165, 1.54) is 0 Å². The number of benzene rings is 1. The lowest BCUT2D eigenvalue weighted by Gasteiger charge is -2.45. The molecule has 2 saturated heterocycles. The Morgan fingerprint density at radius 2 is 1.61 bits per heavy atom. The molecule has 0 bridgehead atoms. The molecule has 0 aromatic heterocycles. The molecular formula is C21H31NO11. The first-order valence-electron chi connectivity index (χ1n) is 10.7. The summed E-state index contributed by atoms with van der Waals surface area (Å²) in [5.41, 5.74) is 0.813. The summed E-state index contributed by atoms with van der Waals surface area (Å²) in [6.07, 6.45) is -13.4. The quantitative estimate of drug-likeness (QED) is 0.170. The number of aliphatic hydroxyl groups excluding tert-OH is 6. The maximum Gasteiger partial charge on any atom is 0.187 e. The summed E-state index contributed by atoms with van der Waals surface area (Å²) >= 11 is 0. The van der Waals surface area contributed by atoms with Crippen molar-refractivity contribution in [3.63, 3.8) is 0 Å². The number of hydrogen-bond donors (Lipinski definition) is 6. The third kappa shape index (κ3) is 6.25. The SMILES string of the molecule is CCO/N=C/[C@H]1O[C@@H](O[C@H]2[C@H](O)[C@@H](O)[C@H](OCc3ccccc3)O[C@@H]2CO)[C@H](O)[C@@H](O)[C@H]1O. The van der Waals surface area contributed by atoms with Crippen LogP contribution in [0.25, 0.3) is 0 Å². The second-order valence-electron chi connectivity index (χ2n) is 7.72. The molecule has 186 valence electrons. The van der Waals surface area contributed by atoms with Gasteiger partial charge in [0, 0.05) is 0 Å². The van der Waals surface area contributed by atoms with Crippen LogP contribution in [0.4, 0.5) is 0 Å². The third-order valence-corrected chi connectivity index (χ3v) is 5.39. The minimum Gasteiger partial charge on any atom is -0.396 e. The highest BCUT2D eigenvalue weighted by Gasteiger charge is 2.50. The van der Waals surface area contributed by atoms with Crippen molar-refractivity contribution in [2.24, 2.45) is 5.16 Å². The molecule has 33 heavy (non-hydrogen) atoms. The maximum atomic E-state index is 10.6. The molecule has 6 N–H and O–H groups in total. The van der Waals surface area contributed by atoms with E-state index in [1.807, 2.05) is 30.3 Å². The zero-order valence-electron chi connectivity index (χ0n) is 18.0. The van der Waals surface area contributed by atoms with Gasteiger partial charge in [-0.15, -0.1) is 0 Å². The molecule has 1 aromatic carbocycles. The lowest BCUT2D eigenvalue weighted by molar-refractivity contribution is -0.353. The van der Waals surface area contributed by atoms with E-state index >= 15 is 0 Å². The number of oxime groups is 1. The first-order valence-corrected chi connectivity index (χ1v) is 10.7. The van der Waals surface area contributed by atoms with Crippen LogP contribution in [0.15, 0.2) is 35.5 Å². The van der Waals surface area contributed by atoms with E-state index in [4.69, 9.17) is 23.8 Å². The Labute approximate surface area is 190 Å². The van der Waals surface area contributed by atoms with Gasteiger partial charge in [0.1, 0.15) is 55.4 Å². The van der Waals surface area contributed by atoms with Crippen molar-refractivity contribution >= 4 is 6.21 Å². The van der Waals surface area contributed by atoms with Gasteiger partial charge in [-0.25, -0.2) is 0 Å². The predicted octanol–water partition coefficient (Wildman–Crippen LogP) is -2.14. The summed E-state index contributed by atoms with van der Waals surface area (Å²) in [4.78, 5) is 4.82. The Morgan fingerprint density at radius 1 is 0.909 bits per heavy atom. The highest BCUT2D eigenvalue weighted by Crippen LogP contribution is 2.29. The molecule has 1 aromatic rings. The van der Waals surface area contributed by atoms with E-state index in [0.29, 0.717) is 0 Å². The Morgan fingerprint density at radius 3 is 2.27 bits per heavy atom. The van der Waals surface area contributed by atoms with Gasteiger partial charge >= 0.3 is 0 Å². The summed E-state index contributed by atoms with van der Waals surface area (Å²) in [5, 5.41) is 65.0. The Balaban J connectivity index is 1.66. The van der Waals surface area contributed by atoms with Crippen molar-refractivity contribution in [3.05, 3.63) is 35.9 Å². The van der Waals surface area contributed by atoms with Crippen LogP contribution >= 0.6 is 0 Å². The zero-order chi connectivity index (χ0) is 24.0. The zero-order valence-corrected chi connectivity index (χ0v) is 18.0. The monoisotopic (exact) mass is 473 g/mol. The van der Waals surface area contributed by atoms with Gasteiger partial charge in [0.25, 0.3) is 0 Å². The van der Waals surface area contributed by atoms with Crippen molar-refractivity contribution in [1.29, 1.82) is 0 Å². The van der Waals surface area contributed by atoms with E-state index in [9.17, 15) is 30.6 Å². The largest absolute Gasteiger partial charge is 0.396 e. The summed E-state index contributed by atoms with van der Waals surface area (Å²) in [7, 11) is 0.